The predicted molar refractivity (Wildman–Crippen MR) is 227 cm³/mol. The lowest BCUT2D eigenvalue weighted by Crippen LogP contribution is -1.93. The molecule has 1 aromatic heterocycles. The molecule has 53 heavy (non-hydrogen) atoms. The molecule has 244 valence electrons. The minimum Gasteiger partial charge on any atom is -0.456 e. The molecule has 1 heteroatoms. The highest BCUT2D eigenvalue weighted by Gasteiger charge is 2.21. The van der Waals surface area contributed by atoms with Crippen molar-refractivity contribution in [3.05, 3.63) is 182 Å². The summed E-state index contributed by atoms with van der Waals surface area (Å²) in [6.45, 7) is 0. The van der Waals surface area contributed by atoms with E-state index in [9.17, 15) is 0 Å². The summed E-state index contributed by atoms with van der Waals surface area (Å²) in [4.78, 5) is 0. The molecule has 1 nitrogen and oxygen atoms in total. The quantitative estimate of drug-likeness (QED) is 0.132. The Morgan fingerprint density at radius 1 is 0.264 bits per heavy atom. The van der Waals surface area contributed by atoms with Crippen LogP contribution in [0.2, 0.25) is 0 Å². The van der Waals surface area contributed by atoms with Crippen molar-refractivity contribution in [3.8, 4) is 22.3 Å². The van der Waals surface area contributed by atoms with E-state index in [0.717, 1.165) is 22.1 Å². The maximum atomic E-state index is 6.59. The summed E-state index contributed by atoms with van der Waals surface area (Å²) in [6, 6.07) is 66.8. The van der Waals surface area contributed by atoms with Gasteiger partial charge in [-0.3, -0.25) is 0 Å². The topological polar surface area (TPSA) is 13.1 Å². The molecule has 0 unspecified atom stereocenters. The Morgan fingerprint density at radius 2 is 0.755 bits per heavy atom. The third kappa shape index (κ3) is 3.97. The second-order valence-electron chi connectivity index (χ2n) is 14.3. The number of hydrogen-bond donors (Lipinski definition) is 0. The van der Waals surface area contributed by atoms with Gasteiger partial charge in [0.15, 0.2) is 0 Å². The normalized spacial score (nSPS) is 12.2. The van der Waals surface area contributed by atoms with E-state index >= 15 is 0 Å². The summed E-state index contributed by atoms with van der Waals surface area (Å²) < 4.78 is 6.59. The van der Waals surface area contributed by atoms with Crippen LogP contribution in [0.15, 0.2) is 186 Å². The molecule has 1 heterocycles. The van der Waals surface area contributed by atoms with E-state index in [4.69, 9.17) is 4.42 Å². The summed E-state index contributed by atoms with van der Waals surface area (Å²) >= 11 is 0. The molecule has 11 aromatic carbocycles. The molecule has 0 fully saturated rings. The summed E-state index contributed by atoms with van der Waals surface area (Å²) in [5.41, 5.74) is 6.74. The molecule has 0 saturated heterocycles. The average Bonchev–Trinajstić information content (AvgIpc) is 3.61. The van der Waals surface area contributed by atoms with Gasteiger partial charge in [0, 0.05) is 10.8 Å². The van der Waals surface area contributed by atoms with Gasteiger partial charge in [-0.2, -0.15) is 0 Å². The van der Waals surface area contributed by atoms with Crippen molar-refractivity contribution < 1.29 is 4.42 Å². The van der Waals surface area contributed by atoms with Crippen molar-refractivity contribution in [2.75, 3.05) is 0 Å². The van der Waals surface area contributed by atoms with Crippen LogP contribution in [-0.4, -0.2) is 0 Å². The van der Waals surface area contributed by atoms with Crippen LogP contribution in [0.1, 0.15) is 0 Å². The highest BCUT2D eigenvalue weighted by Crippen LogP contribution is 2.49. The fourth-order valence-electron chi connectivity index (χ4n) is 9.40. The molecule has 0 N–H and O–H groups in total. The number of furan rings is 1. The standard InChI is InChI=1S/C52H30O/c1-2-14-33-31(13-1)26-28-47-52(33)44-27-25-32(29-48(44)53-47)49-40-21-9-11-23-42(40)51(43-24-12-10-22-41(43)49)46-30-45-36-17-4-3-15-34(36)35-16-5-7-19-38(35)50(45)39-20-8-6-18-37(39)46/h1-30H. The van der Waals surface area contributed by atoms with Gasteiger partial charge in [0.25, 0.3) is 0 Å². The predicted octanol–water partition coefficient (Wildman–Crippen LogP) is 15.0. The molecule has 0 amide bonds. The monoisotopic (exact) mass is 670 g/mol. The Bertz CT molecular complexity index is 3450. The van der Waals surface area contributed by atoms with Crippen LogP contribution in [-0.2, 0) is 0 Å². The van der Waals surface area contributed by atoms with Gasteiger partial charge in [-0.15, -0.1) is 0 Å². The first-order valence-corrected chi connectivity index (χ1v) is 18.3. The summed E-state index contributed by atoms with van der Waals surface area (Å²) in [7, 11) is 0. The molecule has 12 rings (SSSR count). The van der Waals surface area contributed by atoms with Crippen molar-refractivity contribution in [2.24, 2.45) is 0 Å². The first-order chi connectivity index (χ1) is 26.3. The third-order valence-corrected chi connectivity index (χ3v) is 11.6. The second-order valence-corrected chi connectivity index (χ2v) is 14.3. The van der Waals surface area contributed by atoms with Crippen LogP contribution in [0.3, 0.4) is 0 Å². The van der Waals surface area contributed by atoms with Crippen molar-refractivity contribution in [1.82, 2.24) is 0 Å². The second kappa shape index (κ2) is 10.8. The minimum atomic E-state index is 0.908. The lowest BCUT2D eigenvalue weighted by atomic mass is 9.82. The molecule has 0 aliphatic heterocycles. The smallest absolute Gasteiger partial charge is 0.136 e. The maximum Gasteiger partial charge on any atom is 0.136 e. The van der Waals surface area contributed by atoms with E-state index in [1.54, 1.807) is 0 Å². The number of benzene rings is 11. The molecule has 0 aliphatic carbocycles. The Labute approximate surface area is 304 Å². The van der Waals surface area contributed by atoms with Crippen LogP contribution in [0.25, 0.3) is 120 Å². The van der Waals surface area contributed by atoms with Crippen LogP contribution in [0, 0.1) is 0 Å². The van der Waals surface area contributed by atoms with E-state index < -0.39 is 0 Å². The van der Waals surface area contributed by atoms with Crippen molar-refractivity contribution in [2.45, 2.75) is 0 Å². The molecule has 0 spiro atoms. The van der Waals surface area contributed by atoms with Gasteiger partial charge in [0.05, 0.1) is 0 Å². The lowest BCUT2D eigenvalue weighted by Gasteiger charge is -2.20. The van der Waals surface area contributed by atoms with E-state index in [2.05, 4.69) is 182 Å². The van der Waals surface area contributed by atoms with Crippen molar-refractivity contribution >= 4 is 97.3 Å². The van der Waals surface area contributed by atoms with Crippen LogP contribution in [0.4, 0.5) is 0 Å². The van der Waals surface area contributed by atoms with Gasteiger partial charge in [-0.05, 0) is 122 Å². The van der Waals surface area contributed by atoms with Gasteiger partial charge >= 0.3 is 0 Å². The summed E-state index contributed by atoms with van der Waals surface area (Å²) in [6.07, 6.45) is 0. The molecule has 0 aliphatic rings. The molecule has 0 radical (unpaired) electrons. The molecule has 0 bridgehead atoms. The number of rotatable bonds is 2. The van der Waals surface area contributed by atoms with E-state index in [1.165, 1.54) is 97.5 Å². The Morgan fingerprint density at radius 3 is 1.42 bits per heavy atom. The Balaban J connectivity index is 1.20. The zero-order chi connectivity index (χ0) is 34.6. The van der Waals surface area contributed by atoms with Gasteiger partial charge < -0.3 is 4.42 Å². The fraction of sp³-hybridized carbons (Fsp3) is 0. The van der Waals surface area contributed by atoms with Crippen molar-refractivity contribution in [1.29, 1.82) is 0 Å². The highest BCUT2D eigenvalue weighted by molar-refractivity contribution is 6.34. The van der Waals surface area contributed by atoms with Gasteiger partial charge in [-0.25, -0.2) is 0 Å². The number of fused-ring (bicyclic) bond motifs is 15. The molecule has 12 aromatic rings. The molecule has 0 saturated carbocycles. The number of hydrogen-bond acceptors (Lipinski definition) is 1. The SMILES string of the molecule is c1ccc2c(c1)ccc1oc3cc(-c4c5ccccc5c(-c5cc6c7ccccc7c7ccccc7c6c6ccccc56)c5ccccc45)ccc3c12. The Kier molecular flexibility index (Phi) is 5.84. The average molecular weight is 671 g/mol. The maximum absolute atomic E-state index is 6.59. The molecule has 0 atom stereocenters. The first-order valence-electron chi connectivity index (χ1n) is 18.3. The van der Waals surface area contributed by atoms with Crippen LogP contribution >= 0.6 is 0 Å². The molecular weight excluding hydrogens is 641 g/mol. The van der Waals surface area contributed by atoms with Crippen LogP contribution < -0.4 is 0 Å². The van der Waals surface area contributed by atoms with E-state index in [-0.39, 0.29) is 0 Å². The summed E-state index contributed by atoms with van der Waals surface area (Å²) in [5.74, 6) is 0. The highest BCUT2D eigenvalue weighted by atomic mass is 16.3. The van der Waals surface area contributed by atoms with E-state index in [1.807, 2.05) is 0 Å². The fourth-order valence-corrected chi connectivity index (χ4v) is 9.40. The summed E-state index contributed by atoms with van der Waals surface area (Å²) in [5, 5.41) is 20.0. The zero-order valence-corrected chi connectivity index (χ0v) is 28.7. The Hall–Kier alpha value is -6.96. The largest absolute Gasteiger partial charge is 0.456 e. The lowest BCUT2D eigenvalue weighted by molar-refractivity contribution is 0.669. The minimum absolute atomic E-state index is 0.908. The van der Waals surface area contributed by atoms with Gasteiger partial charge in [-0.1, -0.05) is 158 Å². The molecular formula is C52H30O. The third-order valence-electron chi connectivity index (χ3n) is 11.6. The van der Waals surface area contributed by atoms with E-state index in [0.29, 0.717) is 0 Å². The van der Waals surface area contributed by atoms with Crippen LogP contribution in [0.5, 0.6) is 0 Å². The zero-order valence-electron chi connectivity index (χ0n) is 28.7. The van der Waals surface area contributed by atoms with Gasteiger partial charge in [0.1, 0.15) is 11.2 Å². The van der Waals surface area contributed by atoms with Gasteiger partial charge in [0.2, 0.25) is 0 Å². The first kappa shape index (κ1) is 28.7. The van der Waals surface area contributed by atoms with Crippen molar-refractivity contribution in [3.63, 3.8) is 0 Å².